The molecule has 2 aromatic heterocycles. The molecule has 4 rings (SSSR count). The highest BCUT2D eigenvalue weighted by Crippen LogP contribution is 2.24. The van der Waals surface area contributed by atoms with Crippen LogP contribution in [0.25, 0.3) is 0 Å². The highest BCUT2D eigenvalue weighted by atomic mass is 16.5. The van der Waals surface area contributed by atoms with Crippen LogP contribution in [0.1, 0.15) is 35.8 Å². The number of likely N-dealkylation sites (tertiary alicyclic amines) is 1. The molecule has 1 unspecified atom stereocenters. The van der Waals surface area contributed by atoms with Crippen LogP contribution in [0.3, 0.4) is 0 Å². The van der Waals surface area contributed by atoms with Gasteiger partial charge in [-0.3, -0.25) is 9.58 Å². The minimum atomic E-state index is 0.302. The van der Waals surface area contributed by atoms with Crippen LogP contribution in [-0.4, -0.2) is 57.0 Å². The largest absolute Gasteiger partial charge is 0.376 e. The van der Waals surface area contributed by atoms with Crippen molar-refractivity contribution in [3.8, 4) is 0 Å². The van der Waals surface area contributed by atoms with Gasteiger partial charge in [0.2, 0.25) is 5.95 Å². The van der Waals surface area contributed by atoms with Gasteiger partial charge in [-0.2, -0.15) is 5.10 Å². The smallest absolute Gasteiger partial charge is 0.222 e. The van der Waals surface area contributed by atoms with E-state index in [2.05, 4.69) is 43.0 Å². The second-order valence-corrected chi connectivity index (χ2v) is 7.15. The van der Waals surface area contributed by atoms with E-state index < -0.39 is 0 Å². The summed E-state index contributed by atoms with van der Waals surface area (Å²) in [7, 11) is 0. The molecule has 0 aromatic carbocycles. The lowest BCUT2D eigenvalue weighted by molar-refractivity contribution is 0.0891. The van der Waals surface area contributed by atoms with E-state index in [0.29, 0.717) is 18.1 Å². The quantitative estimate of drug-likeness (QED) is 0.865. The molecule has 0 bridgehead atoms. The first-order valence-electron chi connectivity index (χ1n) is 9.09. The van der Waals surface area contributed by atoms with Crippen molar-refractivity contribution in [3.05, 3.63) is 35.4 Å². The van der Waals surface area contributed by atoms with Crippen LogP contribution in [0, 0.1) is 13.8 Å². The molecule has 7 nitrogen and oxygen atoms in total. The molecule has 7 heteroatoms. The Kier molecular flexibility index (Phi) is 4.67. The number of nitrogens with zero attached hydrogens (tertiary/aromatic N) is 5. The Morgan fingerprint density at radius 2 is 2.04 bits per heavy atom. The Morgan fingerprint density at radius 3 is 2.68 bits per heavy atom. The average molecular weight is 342 g/mol. The van der Waals surface area contributed by atoms with Crippen molar-refractivity contribution in [3.63, 3.8) is 0 Å². The fraction of sp³-hybridized carbons (Fsp3) is 0.611. The summed E-state index contributed by atoms with van der Waals surface area (Å²) in [4.78, 5) is 11.2. The topological polar surface area (TPSA) is 68.1 Å². The van der Waals surface area contributed by atoms with Gasteiger partial charge in [-0.1, -0.05) is 0 Å². The molecule has 0 aliphatic carbocycles. The first-order valence-corrected chi connectivity index (χ1v) is 9.09. The summed E-state index contributed by atoms with van der Waals surface area (Å²) in [5.74, 6) is 0.684. The van der Waals surface area contributed by atoms with E-state index in [0.717, 1.165) is 56.9 Å². The third kappa shape index (κ3) is 3.82. The van der Waals surface area contributed by atoms with Gasteiger partial charge in [0.25, 0.3) is 0 Å². The van der Waals surface area contributed by atoms with Crippen molar-refractivity contribution in [1.29, 1.82) is 0 Å². The number of aryl methyl sites for hydroxylation is 2. The Morgan fingerprint density at radius 1 is 1.24 bits per heavy atom. The number of hydrogen-bond donors (Lipinski definition) is 1. The zero-order valence-corrected chi connectivity index (χ0v) is 15.0. The van der Waals surface area contributed by atoms with E-state index in [1.807, 2.05) is 19.3 Å². The normalized spacial score (nSPS) is 21.4. The molecular formula is C18H26N6O. The third-order valence-corrected chi connectivity index (χ3v) is 4.95. The van der Waals surface area contributed by atoms with Crippen molar-refractivity contribution in [1.82, 2.24) is 24.6 Å². The lowest BCUT2D eigenvalue weighted by Gasteiger charge is -2.39. The van der Waals surface area contributed by atoms with Crippen LogP contribution in [0.5, 0.6) is 0 Å². The van der Waals surface area contributed by atoms with E-state index in [-0.39, 0.29) is 0 Å². The summed E-state index contributed by atoms with van der Waals surface area (Å²) in [6.45, 7) is 8.78. The van der Waals surface area contributed by atoms with Crippen molar-refractivity contribution in [2.75, 3.05) is 31.6 Å². The number of aromatic nitrogens is 4. The Hall–Kier alpha value is -1.99. The highest BCUT2D eigenvalue weighted by molar-refractivity contribution is 5.25. The molecule has 2 aromatic rings. The molecule has 1 atom stereocenters. The molecule has 0 saturated carbocycles. The number of anilines is 1. The van der Waals surface area contributed by atoms with Crippen LogP contribution in [0.4, 0.5) is 5.95 Å². The summed E-state index contributed by atoms with van der Waals surface area (Å²) in [5.41, 5.74) is 3.48. The second kappa shape index (κ2) is 7.09. The molecule has 25 heavy (non-hydrogen) atoms. The highest BCUT2D eigenvalue weighted by Gasteiger charge is 2.29. The fourth-order valence-corrected chi connectivity index (χ4v) is 3.64. The summed E-state index contributed by atoms with van der Waals surface area (Å²) < 4.78 is 7.75. The molecule has 0 spiro atoms. The fourth-order valence-electron chi connectivity index (χ4n) is 3.64. The zero-order chi connectivity index (χ0) is 17.2. The number of hydrogen-bond acceptors (Lipinski definition) is 6. The molecule has 2 saturated heterocycles. The van der Waals surface area contributed by atoms with Gasteiger partial charge >= 0.3 is 0 Å². The van der Waals surface area contributed by atoms with Gasteiger partial charge in [0.15, 0.2) is 0 Å². The van der Waals surface area contributed by atoms with Crippen LogP contribution in [0.2, 0.25) is 0 Å². The molecule has 0 radical (unpaired) electrons. The van der Waals surface area contributed by atoms with E-state index in [9.17, 15) is 0 Å². The lowest BCUT2D eigenvalue weighted by atomic mass is 10.1. The Labute approximate surface area is 148 Å². The van der Waals surface area contributed by atoms with E-state index in [1.54, 1.807) is 0 Å². The predicted octanol–water partition coefficient (Wildman–Crippen LogP) is 1.94. The average Bonchev–Trinajstić information content (AvgIpc) is 3.19. The summed E-state index contributed by atoms with van der Waals surface area (Å²) in [5, 5.41) is 7.84. The van der Waals surface area contributed by atoms with Crippen LogP contribution < -0.4 is 5.32 Å². The zero-order valence-electron chi connectivity index (χ0n) is 15.0. The molecular weight excluding hydrogens is 316 g/mol. The van der Waals surface area contributed by atoms with Gasteiger partial charge in [0.1, 0.15) is 0 Å². The first-order chi connectivity index (χ1) is 12.2. The second-order valence-electron chi connectivity index (χ2n) is 7.15. The molecule has 2 fully saturated rings. The van der Waals surface area contributed by atoms with Crippen molar-refractivity contribution < 1.29 is 4.74 Å². The van der Waals surface area contributed by atoms with Crippen LogP contribution in [0.15, 0.2) is 18.5 Å². The lowest BCUT2D eigenvalue weighted by Crippen LogP contribution is -2.47. The maximum Gasteiger partial charge on any atom is 0.222 e. The Balaban J connectivity index is 1.24. The molecule has 0 amide bonds. The third-order valence-electron chi connectivity index (χ3n) is 4.95. The Bertz CT molecular complexity index is 701. The molecule has 2 aliphatic heterocycles. The van der Waals surface area contributed by atoms with Gasteiger partial charge in [0.05, 0.1) is 17.8 Å². The maximum atomic E-state index is 5.60. The van der Waals surface area contributed by atoms with Gasteiger partial charge in [-0.25, -0.2) is 9.97 Å². The molecule has 4 heterocycles. The standard InChI is InChI=1S/C18H26N6O/c1-13-6-14(2)24(22-13)16-11-23(12-16)10-15-7-19-18(20-8-15)21-9-17-4-3-5-25-17/h6-8,16-17H,3-5,9-12H2,1-2H3,(H,19,20,21). The SMILES string of the molecule is Cc1cc(C)n(C2CN(Cc3cnc(NCC4CCCO4)nc3)C2)n1. The monoisotopic (exact) mass is 342 g/mol. The molecule has 2 aliphatic rings. The van der Waals surface area contributed by atoms with Gasteiger partial charge < -0.3 is 10.1 Å². The van der Waals surface area contributed by atoms with E-state index in [1.165, 1.54) is 5.69 Å². The van der Waals surface area contributed by atoms with Crippen LogP contribution >= 0.6 is 0 Å². The van der Waals surface area contributed by atoms with Crippen molar-refractivity contribution >= 4 is 5.95 Å². The number of nitrogens with one attached hydrogen (secondary N) is 1. The summed E-state index contributed by atoms with van der Waals surface area (Å²) in [6, 6.07) is 2.63. The minimum Gasteiger partial charge on any atom is -0.376 e. The molecule has 134 valence electrons. The number of rotatable bonds is 6. The maximum absolute atomic E-state index is 5.60. The first kappa shape index (κ1) is 16.5. The summed E-state index contributed by atoms with van der Waals surface area (Å²) >= 11 is 0. The summed E-state index contributed by atoms with van der Waals surface area (Å²) in [6.07, 6.45) is 6.41. The van der Waals surface area contributed by atoms with Crippen molar-refractivity contribution in [2.24, 2.45) is 0 Å². The van der Waals surface area contributed by atoms with E-state index >= 15 is 0 Å². The minimum absolute atomic E-state index is 0.302. The van der Waals surface area contributed by atoms with Gasteiger partial charge in [-0.15, -0.1) is 0 Å². The molecule has 1 N–H and O–H groups in total. The van der Waals surface area contributed by atoms with Gasteiger partial charge in [-0.05, 0) is 32.8 Å². The van der Waals surface area contributed by atoms with Crippen molar-refractivity contribution in [2.45, 2.75) is 45.4 Å². The predicted molar refractivity (Wildman–Crippen MR) is 95.5 cm³/mol. The van der Waals surface area contributed by atoms with E-state index in [4.69, 9.17) is 4.74 Å². The van der Waals surface area contributed by atoms with Crippen LogP contribution in [-0.2, 0) is 11.3 Å². The van der Waals surface area contributed by atoms with Gasteiger partial charge in [0, 0.05) is 56.4 Å². The number of ether oxygens (including phenoxy) is 1.